The fourth-order valence-electron chi connectivity index (χ4n) is 3.06. The summed E-state index contributed by atoms with van der Waals surface area (Å²) in [4.78, 5) is 13.6. The van der Waals surface area contributed by atoms with Gasteiger partial charge in [0.05, 0.1) is 6.54 Å². The van der Waals surface area contributed by atoms with Gasteiger partial charge in [0.1, 0.15) is 0 Å². The predicted molar refractivity (Wildman–Crippen MR) is 84.1 cm³/mol. The van der Waals surface area contributed by atoms with Crippen molar-refractivity contribution in [1.82, 2.24) is 4.90 Å². The highest BCUT2D eigenvalue weighted by Crippen LogP contribution is 2.30. The molecule has 1 aromatic rings. The minimum absolute atomic E-state index is 0.0544. The van der Waals surface area contributed by atoms with Gasteiger partial charge in [0.2, 0.25) is 5.91 Å². The predicted octanol–water partition coefficient (Wildman–Crippen LogP) is 2.18. The highest BCUT2D eigenvalue weighted by Gasteiger charge is 2.29. The van der Waals surface area contributed by atoms with Gasteiger partial charge in [0, 0.05) is 23.1 Å². The third kappa shape index (κ3) is 3.81. The number of hydrogen-bond donors (Lipinski definition) is 2. The lowest BCUT2D eigenvalue weighted by molar-refractivity contribution is -0.120. The average Bonchev–Trinajstić information content (AvgIpc) is 2.94. The first-order chi connectivity index (χ1) is 9.61. The van der Waals surface area contributed by atoms with Gasteiger partial charge in [0.15, 0.2) is 0 Å². The smallest absolute Gasteiger partial charge is 0.231 e. The lowest BCUT2D eigenvalue weighted by atomic mass is 10.0. The summed E-state index contributed by atoms with van der Waals surface area (Å²) in [6.07, 6.45) is 4.69. The number of rotatable bonds is 6. The van der Waals surface area contributed by atoms with Gasteiger partial charge in [0.25, 0.3) is 0 Å². The quantitative estimate of drug-likeness (QED) is 0.834. The first kappa shape index (κ1) is 15.5. The van der Waals surface area contributed by atoms with E-state index in [0.29, 0.717) is 12.6 Å². The van der Waals surface area contributed by atoms with E-state index in [2.05, 4.69) is 33.0 Å². The molecule has 0 radical (unpaired) electrons. The number of benzene rings is 1. The summed E-state index contributed by atoms with van der Waals surface area (Å²) in [5.41, 5.74) is 12.6. The van der Waals surface area contributed by atoms with E-state index in [0.717, 1.165) is 22.9 Å². The molecule has 1 atom stereocenters. The van der Waals surface area contributed by atoms with E-state index in [1.807, 2.05) is 12.1 Å². The van der Waals surface area contributed by atoms with Crippen LogP contribution in [-0.2, 0) is 4.79 Å². The number of carbonyl (C=O) groups is 1. The van der Waals surface area contributed by atoms with Crippen molar-refractivity contribution in [2.75, 3.05) is 13.1 Å². The normalized spacial score (nSPS) is 17.6. The molecule has 0 saturated heterocycles. The summed E-state index contributed by atoms with van der Waals surface area (Å²) >= 11 is 3.44. The summed E-state index contributed by atoms with van der Waals surface area (Å²) in [6, 6.07) is 8.61. The zero-order valence-electron chi connectivity index (χ0n) is 11.6. The molecule has 1 saturated carbocycles. The number of carbonyl (C=O) groups excluding carboxylic acids is 1. The van der Waals surface area contributed by atoms with E-state index >= 15 is 0 Å². The highest BCUT2D eigenvalue weighted by molar-refractivity contribution is 9.10. The molecule has 4 nitrogen and oxygen atoms in total. The Morgan fingerprint density at radius 3 is 2.40 bits per heavy atom. The van der Waals surface area contributed by atoms with E-state index in [1.165, 1.54) is 12.8 Å². The van der Waals surface area contributed by atoms with Gasteiger partial charge in [-0.3, -0.25) is 9.69 Å². The Hall–Kier alpha value is -0.910. The summed E-state index contributed by atoms with van der Waals surface area (Å²) in [6.45, 7) is 0.772. The van der Waals surface area contributed by atoms with Gasteiger partial charge in [-0.05, 0) is 30.5 Å². The van der Waals surface area contributed by atoms with Crippen LogP contribution in [-0.4, -0.2) is 29.9 Å². The van der Waals surface area contributed by atoms with Crippen LogP contribution in [0.25, 0.3) is 0 Å². The zero-order chi connectivity index (χ0) is 14.5. The van der Waals surface area contributed by atoms with Gasteiger partial charge in [-0.2, -0.15) is 0 Å². The van der Waals surface area contributed by atoms with Crippen LogP contribution in [0.2, 0.25) is 0 Å². The summed E-state index contributed by atoms with van der Waals surface area (Å²) in [5, 5.41) is 0. The Morgan fingerprint density at radius 1 is 1.30 bits per heavy atom. The SMILES string of the molecule is NCC(c1ccc(Br)cc1)N(CC(N)=O)C1CCCC1. The molecule has 2 rings (SSSR count). The average molecular weight is 340 g/mol. The van der Waals surface area contributed by atoms with Crippen LogP contribution in [0.4, 0.5) is 0 Å². The van der Waals surface area contributed by atoms with Crippen LogP contribution in [0.3, 0.4) is 0 Å². The molecule has 20 heavy (non-hydrogen) atoms. The maximum absolute atomic E-state index is 11.4. The van der Waals surface area contributed by atoms with Gasteiger partial charge in [-0.1, -0.05) is 40.9 Å². The van der Waals surface area contributed by atoms with Crippen molar-refractivity contribution in [3.63, 3.8) is 0 Å². The summed E-state index contributed by atoms with van der Waals surface area (Å²) < 4.78 is 1.04. The van der Waals surface area contributed by atoms with Gasteiger partial charge in [-0.15, -0.1) is 0 Å². The van der Waals surface area contributed by atoms with E-state index in [4.69, 9.17) is 11.5 Å². The molecular formula is C15H22BrN3O. The van der Waals surface area contributed by atoms with Crippen molar-refractivity contribution in [2.24, 2.45) is 11.5 Å². The molecule has 1 aromatic carbocycles. The molecular weight excluding hydrogens is 318 g/mol. The first-order valence-electron chi connectivity index (χ1n) is 7.11. The maximum atomic E-state index is 11.4. The van der Waals surface area contributed by atoms with Crippen molar-refractivity contribution in [3.05, 3.63) is 34.3 Å². The molecule has 1 aliphatic rings. The van der Waals surface area contributed by atoms with Crippen LogP contribution >= 0.6 is 15.9 Å². The second kappa shape index (κ2) is 7.20. The van der Waals surface area contributed by atoms with E-state index < -0.39 is 0 Å². The third-order valence-corrected chi connectivity index (χ3v) is 4.54. The van der Waals surface area contributed by atoms with Crippen LogP contribution in [0, 0.1) is 0 Å². The highest BCUT2D eigenvalue weighted by atomic mass is 79.9. The second-order valence-electron chi connectivity index (χ2n) is 5.38. The van der Waals surface area contributed by atoms with E-state index in [-0.39, 0.29) is 18.5 Å². The first-order valence-corrected chi connectivity index (χ1v) is 7.90. The lowest BCUT2D eigenvalue weighted by Gasteiger charge is -2.35. The Morgan fingerprint density at radius 2 is 1.90 bits per heavy atom. The summed E-state index contributed by atoms with van der Waals surface area (Å²) in [7, 11) is 0. The van der Waals surface area contributed by atoms with Crippen LogP contribution in [0.5, 0.6) is 0 Å². The van der Waals surface area contributed by atoms with Crippen LogP contribution in [0.1, 0.15) is 37.3 Å². The van der Waals surface area contributed by atoms with Gasteiger partial charge >= 0.3 is 0 Å². The number of halogens is 1. The molecule has 110 valence electrons. The van der Waals surface area contributed by atoms with Gasteiger partial charge in [-0.25, -0.2) is 0 Å². The van der Waals surface area contributed by atoms with Crippen molar-refractivity contribution in [2.45, 2.75) is 37.8 Å². The molecule has 1 fully saturated rings. The Labute approximate surface area is 128 Å². The number of primary amides is 1. The molecule has 1 amide bonds. The number of amides is 1. The zero-order valence-corrected chi connectivity index (χ0v) is 13.2. The molecule has 4 N–H and O–H groups in total. The molecule has 1 unspecified atom stereocenters. The minimum Gasteiger partial charge on any atom is -0.369 e. The number of nitrogens with two attached hydrogens (primary N) is 2. The summed E-state index contributed by atoms with van der Waals surface area (Å²) in [5.74, 6) is -0.285. The molecule has 0 spiro atoms. The molecule has 0 aliphatic heterocycles. The Bertz CT molecular complexity index is 443. The Balaban J connectivity index is 2.23. The number of hydrogen-bond acceptors (Lipinski definition) is 3. The molecule has 0 aromatic heterocycles. The van der Waals surface area contributed by atoms with Crippen LogP contribution < -0.4 is 11.5 Å². The van der Waals surface area contributed by atoms with Crippen LogP contribution in [0.15, 0.2) is 28.7 Å². The largest absolute Gasteiger partial charge is 0.369 e. The van der Waals surface area contributed by atoms with Crippen molar-refractivity contribution in [1.29, 1.82) is 0 Å². The fourth-order valence-corrected chi connectivity index (χ4v) is 3.32. The molecule has 0 heterocycles. The topological polar surface area (TPSA) is 72.3 Å². The van der Waals surface area contributed by atoms with E-state index in [1.54, 1.807) is 0 Å². The molecule has 1 aliphatic carbocycles. The lowest BCUT2D eigenvalue weighted by Crippen LogP contribution is -2.44. The maximum Gasteiger partial charge on any atom is 0.231 e. The molecule has 0 bridgehead atoms. The standard InChI is InChI=1S/C15H22BrN3O/c16-12-7-5-11(6-8-12)14(9-17)19(10-15(18)20)13-3-1-2-4-13/h5-8,13-14H,1-4,9-10,17H2,(H2,18,20). The Kier molecular flexibility index (Phi) is 5.57. The number of nitrogens with zero attached hydrogens (tertiary/aromatic N) is 1. The van der Waals surface area contributed by atoms with E-state index in [9.17, 15) is 4.79 Å². The van der Waals surface area contributed by atoms with Crippen molar-refractivity contribution in [3.8, 4) is 0 Å². The van der Waals surface area contributed by atoms with Crippen molar-refractivity contribution < 1.29 is 4.79 Å². The van der Waals surface area contributed by atoms with Crippen molar-refractivity contribution >= 4 is 21.8 Å². The third-order valence-electron chi connectivity index (χ3n) is 4.01. The monoisotopic (exact) mass is 339 g/mol. The molecule has 5 heteroatoms. The fraction of sp³-hybridized carbons (Fsp3) is 0.533. The second-order valence-corrected chi connectivity index (χ2v) is 6.30. The van der Waals surface area contributed by atoms with Gasteiger partial charge < -0.3 is 11.5 Å². The minimum atomic E-state index is -0.285.